The molecule has 1 N–H and O–H groups in total. The van der Waals surface area contributed by atoms with Crippen molar-refractivity contribution in [3.05, 3.63) is 57.7 Å². The van der Waals surface area contributed by atoms with Crippen molar-refractivity contribution in [2.24, 2.45) is 67.5 Å². The molecule has 0 spiro atoms. The lowest BCUT2D eigenvalue weighted by Crippen LogP contribution is -2.71. The van der Waals surface area contributed by atoms with Crippen LogP contribution in [0, 0.1) is 74.4 Å². The monoisotopic (exact) mass is 857 g/mol. The third kappa shape index (κ3) is 4.68. The molecule has 1 heterocycles. The molecule has 0 saturated heterocycles. The zero-order valence-corrected chi connectivity index (χ0v) is 40.3. The van der Waals surface area contributed by atoms with E-state index >= 15 is 0 Å². The van der Waals surface area contributed by atoms with Gasteiger partial charge in [-0.3, -0.25) is 19.2 Å². The van der Waals surface area contributed by atoms with Gasteiger partial charge in [0.15, 0.2) is 17.3 Å². The zero-order chi connectivity index (χ0) is 45.2. The standard InChI is InChI=1S/C56H72O7/c1-30-23-41-47(4,28-37(30)58)15-19-51(8)40-14-13-33-34(49(40,6)17-21-52(41,51)9)26-44(60)56(61)55(33,12)63-46-32(3)45-35(25-39(46)62-56)50(7)18-22-53(10)42-24-31(2)38(59)29-48(42,5)16-20-54(53,11)43(50)27-36(45)57/h13,25-27,30-31,40-42,61H,14-24,28-29H2,1-12H3/t30-,31-,40+,41-,42-,47+,48+,49+,50+,51-,52+,53+,54-,55+,56-/m1/s1. The minimum absolute atomic E-state index is 0.0152. The number of allylic oxidation sites excluding steroid dienone is 3. The van der Waals surface area contributed by atoms with Gasteiger partial charge in [-0.25, -0.2) is 0 Å². The van der Waals surface area contributed by atoms with Crippen LogP contribution in [0.15, 0.2) is 41.0 Å². The molecule has 9 aliphatic carbocycles. The number of rotatable bonds is 0. The van der Waals surface area contributed by atoms with E-state index in [0.29, 0.717) is 58.9 Å². The van der Waals surface area contributed by atoms with Crippen molar-refractivity contribution in [1.82, 2.24) is 0 Å². The first kappa shape index (κ1) is 42.3. The molecule has 10 aliphatic rings. The summed E-state index contributed by atoms with van der Waals surface area (Å²) in [5.74, 6) is -0.0365. The van der Waals surface area contributed by atoms with Gasteiger partial charge in [0.05, 0.1) is 0 Å². The predicted octanol–water partition coefficient (Wildman–Crippen LogP) is 11.5. The number of ether oxygens (including phenoxy) is 2. The Bertz CT molecular complexity index is 2470. The Labute approximate surface area is 375 Å². The molecule has 0 radical (unpaired) electrons. The van der Waals surface area contributed by atoms with E-state index in [1.54, 1.807) is 6.08 Å². The maximum Gasteiger partial charge on any atom is 0.317 e. The van der Waals surface area contributed by atoms with Gasteiger partial charge in [0.2, 0.25) is 11.4 Å². The van der Waals surface area contributed by atoms with Crippen molar-refractivity contribution in [2.75, 3.05) is 0 Å². The van der Waals surface area contributed by atoms with Gasteiger partial charge in [-0.05, 0) is 175 Å². The second-order valence-electron chi connectivity index (χ2n) is 25.7. The number of benzene rings is 1. The summed E-state index contributed by atoms with van der Waals surface area (Å²) in [6.45, 7) is 27.2. The highest BCUT2D eigenvalue weighted by molar-refractivity contribution is 6.10. The number of carbonyl (C=O) groups excluding carboxylic acids is 4. The van der Waals surface area contributed by atoms with Crippen LogP contribution in [0.4, 0.5) is 0 Å². The lowest BCUT2D eigenvalue weighted by molar-refractivity contribution is -0.234. The first-order chi connectivity index (χ1) is 29.2. The molecule has 15 atom stereocenters. The number of carbonyl (C=O) groups is 4. The Balaban J connectivity index is 0.966. The van der Waals surface area contributed by atoms with Crippen LogP contribution < -0.4 is 9.47 Å². The molecule has 0 bridgehead atoms. The van der Waals surface area contributed by atoms with E-state index in [1.807, 2.05) is 26.0 Å². The normalized spacial score (nSPS) is 51.6. The Morgan fingerprint density at radius 1 is 0.651 bits per heavy atom. The highest BCUT2D eigenvalue weighted by Gasteiger charge is 2.73. The van der Waals surface area contributed by atoms with E-state index in [-0.39, 0.29) is 61.4 Å². The zero-order valence-electron chi connectivity index (χ0n) is 40.3. The summed E-state index contributed by atoms with van der Waals surface area (Å²) in [6, 6.07) is 1.93. The van der Waals surface area contributed by atoms with E-state index in [4.69, 9.17) is 9.47 Å². The second kappa shape index (κ2) is 12.2. The van der Waals surface area contributed by atoms with Crippen LogP contribution in [-0.4, -0.2) is 39.6 Å². The van der Waals surface area contributed by atoms with Crippen molar-refractivity contribution in [1.29, 1.82) is 0 Å². The quantitative estimate of drug-likeness (QED) is 0.277. The summed E-state index contributed by atoms with van der Waals surface area (Å²) in [5.41, 5.74) is 2.50. The fourth-order valence-corrected chi connectivity index (χ4v) is 18.5. The number of aliphatic hydroxyl groups is 1. The minimum atomic E-state index is -2.30. The summed E-state index contributed by atoms with van der Waals surface area (Å²) in [4.78, 5) is 55.8. The van der Waals surface area contributed by atoms with Crippen LogP contribution in [0.2, 0.25) is 0 Å². The van der Waals surface area contributed by atoms with E-state index in [1.165, 1.54) is 5.57 Å². The third-order valence-electron chi connectivity index (χ3n) is 23.1. The van der Waals surface area contributed by atoms with Crippen LogP contribution in [0.5, 0.6) is 11.5 Å². The molecule has 6 fully saturated rings. The third-order valence-corrected chi connectivity index (χ3v) is 23.1. The van der Waals surface area contributed by atoms with E-state index < -0.39 is 22.6 Å². The lowest BCUT2D eigenvalue weighted by atomic mass is 9.33. The minimum Gasteiger partial charge on any atom is -0.471 e. The van der Waals surface area contributed by atoms with Crippen LogP contribution in [0.1, 0.15) is 181 Å². The fourth-order valence-electron chi connectivity index (χ4n) is 18.5. The molecule has 7 nitrogen and oxygen atoms in total. The van der Waals surface area contributed by atoms with Gasteiger partial charge in [0, 0.05) is 46.8 Å². The number of hydrogen-bond donors (Lipinski definition) is 1. The molecule has 1 aliphatic heterocycles. The van der Waals surface area contributed by atoms with Gasteiger partial charge < -0.3 is 14.6 Å². The topological polar surface area (TPSA) is 107 Å². The van der Waals surface area contributed by atoms with Crippen molar-refractivity contribution >= 4 is 23.1 Å². The summed E-state index contributed by atoms with van der Waals surface area (Å²) < 4.78 is 13.9. The molecule has 0 amide bonds. The second-order valence-corrected chi connectivity index (χ2v) is 25.7. The largest absolute Gasteiger partial charge is 0.471 e. The molecule has 7 heteroatoms. The van der Waals surface area contributed by atoms with Crippen LogP contribution in [0.3, 0.4) is 0 Å². The van der Waals surface area contributed by atoms with E-state index in [2.05, 4.69) is 75.3 Å². The highest BCUT2D eigenvalue weighted by atomic mass is 16.7. The Hall–Kier alpha value is -3.32. The number of ketones is 4. The maximum absolute atomic E-state index is 14.8. The first-order valence-electron chi connectivity index (χ1n) is 24.8. The number of fused-ring (bicyclic) bond motifs is 17. The van der Waals surface area contributed by atoms with E-state index in [9.17, 15) is 24.3 Å². The molecule has 1 aromatic carbocycles. The Morgan fingerprint density at radius 3 is 1.87 bits per heavy atom. The van der Waals surface area contributed by atoms with Crippen LogP contribution in [0.25, 0.3) is 0 Å². The van der Waals surface area contributed by atoms with Gasteiger partial charge in [0.1, 0.15) is 11.6 Å². The summed E-state index contributed by atoms with van der Waals surface area (Å²) in [5, 5.41) is 12.8. The van der Waals surface area contributed by atoms with Gasteiger partial charge in [0.25, 0.3) is 0 Å². The highest BCUT2D eigenvalue weighted by Crippen LogP contribution is 2.77. The SMILES string of the molecule is Cc1c2c(cc3c1C(=O)C=C1[C@@]3(C)CC[C@@]3(C)[C@@H]4C[C@@H](C)C(=O)C[C@]4(C)CC[C@]13C)O[C@]1(O)C(=O)C=C3C(=CC[C@H]4[C@@]3(C)CC[C@@]3(C)[C@@H]5C[C@@H](C)C(=O)C[C@]5(C)CC[C@]43C)[C@]1(C)O2. The number of Topliss-reactive ketones (excluding diaryl/α,β-unsaturated/α-hetero) is 2. The molecule has 0 aromatic heterocycles. The van der Waals surface area contributed by atoms with Crippen molar-refractivity contribution < 1.29 is 33.8 Å². The summed E-state index contributed by atoms with van der Waals surface area (Å²) in [6.07, 6.45) is 17.6. The molecule has 1 aromatic rings. The van der Waals surface area contributed by atoms with E-state index in [0.717, 1.165) is 87.3 Å². The van der Waals surface area contributed by atoms with Crippen LogP contribution in [-0.2, 0) is 19.8 Å². The molecular weight excluding hydrogens is 785 g/mol. The van der Waals surface area contributed by atoms with Gasteiger partial charge in [-0.2, -0.15) is 0 Å². The molecule has 338 valence electrons. The average molecular weight is 857 g/mol. The van der Waals surface area contributed by atoms with Crippen molar-refractivity contribution in [3.63, 3.8) is 0 Å². The molecule has 11 rings (SSSR count). The maximum atomic E-state index is 14.8. The smallest absolute Gasteiger partial charge is 0.317 e. The molecular formula is C56H72O7. The average Bonchev–Trinajstić information content (AvgIpc) is 3.21. The van der Waals surface area contributed by atoms with Gasteiger partial charge >= 0.3 is 5.79 Å². The summed E-state index contributed by atoms with van der Waals surface area (Å²) >= 11 is 0. The fraction of sp³-hybridized carbons (Fsp3) is 0.714. The van der Waals surface area contributed by atoms with Gasteiger partial charge in [-0.1, -0.05) is 75.3 Å². The lowest BCUT2D eigenvalue weighted by Gasteiger charge is -2.71. The number of hydrogen-bond acceptors (Lipinski definition) is 7. The summed E-state index contributed by atoms with van der Waals surface area (Å²) in [7, 11) is 0. The predicted molar refractivity (Wildman–Crippen MR) is 242 cm³/mol. The molecule has 0 unspecified atom stereocenters. The Morgan fingerprint density at radius 2 is 1.22 bits per heavy atom. The Kier molecular flexibility index (Phi) is 8.17. The molecule has 6 saturated carbocycles. The van der Waals surface area contributed by atoms with Gasteiger partial charge in [-0.15, -0.1) is 0 Å². The van der Waals surface area contributed by atoms with Crippen molar-refractivity contribution in [3.8, 4) is 11.5 Å². The first-order valence-corrected chi connectivity index (χ1v) is 24.8. The van der Waals surface area contributed by atoms with Crippen LogP contribution >= 0.6 is 0 Å². The molecule has 63 heavy (non-hydrogen) atoms. The van der Waals surface area contributed by atoms with Crippen molar-refractivity contribution in [2.45, 2.75) is 183 Å².